The highest BCUT2D eigenvalue weighted by Gasteiger charge is 2.38. The monoisotopic (exact) mass is 471 g/mol. The maximum absolute atomic E-state index is 13.0. The van der Waals surface area contributed by atoms with Gasteiger partial charge in [-0.15, -0.1) is 0 Å². The van der Waals surface area contributed by atoms with Gasteiger partial charge in [0.25, 0.3) is 11.8 Å². The number of Topliss-reactive ketones (excluding diaryl/α,β-unsaturated/α-hetero) is 1. The molecule has 0 unspecified atom stereocenters. The lowest BCUT2D eigenvalue weighted by Crippen LogP contribution is -2.30. The van der Waals surface area contributed by atoms with Crippen molar-refractivity contribution in [3.05, 3.63) is 94.0 Å². The number of fused-ring (bicyclic) bond motifs is 1. The van der Waals surface area contributed by atoms with Crippen molar-refractivity contribution in [3.8, 4) is 5.75 Å². The lowest BCUT2D eigenvalue weighted by atomic mass is 10.1. The van der Waals surface area contributed by atoms with Crippen molar-refractivity contribution in [2.75, 3.05) is 11.5 Å². The van der Waals surface area contributed by atoms with Crippen molar-refractivity contribution >= 4 is 35.2 Å². The summed E-state index contributed by atoms with van der Waals surface area (Å²) in [7, 11) is 0. The number of amides is 2. The van der Waals surface area contributed by atoms with E-state index in [0.29, 0.717) is 11.4 Å². The quantitative estimate of drug-likeness (QED) is 0.231. The number of carbonyl (C=O) groups is 5. The van der Waals surface area contributed by atoms with E-state index in [4.69, 9.17) is 9.47 Å². The first-order chi connectivity index (χ1) is 16.7. The fourth-order valence-corrected chi connectivity index (χ4v) is 3.82. The summed E-state index contributed by atoms with van der Waals surface area (Å²) in [5.74, 6) is -2.45. The Bertz CT molecular complexity index is 1390. The Kier molecular flexibility index (Phi) is 6.29. The molecule has 8 heteroatoms. The standard InChI is InChI=1S/C27H21NO7/c1-15-4-11-23(16(2)12-15)28-25(31)21-10-7-19(13-22(21)26(28)32)27(33)34-14-24(30)18-5-8-20(9-6-18)35-17(3)29/h4-13H,14H2,1-3H3. The highest BCUT2D eigenvalue weighted by atomic mass is 16.5. The van der Waals surface area contributed by atoms with E-state index in [2.05, 4.69) is 0 Å². The molecule has 0 bridgehead atoms. The van der Waals surface area contributed by atoms with Gasteiger partial charge in [-0.25, -0.2) is 9.69 Å². The molecule has 0 N–H and O–H groups in total. The molecule has 4 rings (SSSR count). The van der Waals surface area contributed by atoms with E-state index in [1.54, 1.807) is 6.07 Å². The first-order valence-electron chi connectivity index (χ1n) is 10.7. The van der Waals surface area contributed by atoms with Gasteiger partial charge in [-0.3, -0.25) is 19.2 Å². The van der Waals surface area contributed by atoms with E-state index in [-0.39, 0.29) is 22.3 Å². The summed E-state index contributed by atoms with van der Waals surface area (Å²) < 4.78 is 10.0. The highest BCUT2D eigenvalue weighted by molar-refractivity contribution is 6.35. The lowest BCUT2D eigenvalue weighted by Gasteiger charge is -2.16. The van der Waals surface area contributed by atoms with E-state index in [1.807, 2.05) is 26.0 Å². The molecule has 0 atom stereocenters. The summed E-state index contributed by atoms with van der Waals surface area (Å²) in [5.41, 5.74) is 2.86. The number of carbonyl (C=O) groups excluding carboxylic acids is 5. The van der Waals surface area contributed by atoms with Gasteiger partial charge in [-0.2, -0.15) is 0 Å². The molecule has 1 aliphatic heterocycles. The van der Waals surface area contributed by atoms with Gasteiger partial charge in [0.15, 0.2) is 12.4 Å². The number of aryl methyl sites for hydroxylation is 2. The minimum Gasteiger partial charge on any atom is -0.454 e. The number of hydrogen-bond acceptors (Lipinski definition) is 7. The Balaban J connectivity index is 1.46. The van der Waals surface area contributed by atoms with Crippen LogP contribution in [0.3, 0.4) is 0 Å². The second-order valence-corrected chi connectivity index (χ2v) is 8.11. The predicted molar refractivity (Wildman–Crippen MR) is 126 cm³/mol. The Morgan fingerprint density at radius 2 is 1.46 bits per heavy atom. The van der Waals surface area contributed by atoms with Crippen LogP contribution in [0.25, 0.3) is 0 Å². The zero-order valence-electron chi connectivity index (χ0n) is 19.3. The average Bonchev–Trinajstić information content (AvgIpc) is 3.07. The Morgan fingerprint density at radius 1 is 0.800 bits per heavy atom. The normalized spacial score (nSPS) is 12.4. The molecule has 0 aromatic heterocycles. The molecule has 35 heavy (non-hydrogen) atoms. The van der Waals surface area contributed by atoms with Crippen LogP contribution in [0.1, 0.15) is 59.5 Å². The molecular formula is C27H21NO7. The van der Waals surface area contributed by atoms with E-state index < -0.39 is 36.1 Å². The molecule has 1 heterocycles. The van der Waals surface area contributed by atoms with Crippen molar-refractivity contribution in [1.82, 2.24) is 0 Å². The smallest absolute Gasteiger partial charge is 0.338 e. The van der Waals surface area contributed by atoms with Crippen molar-refractivity contribution in [2.24, 2.45) is 0 Å². The van der Waals surface area contributed by atoms with Gasteiger partial charge in [-0.05, 0) is 67.9 Å². The summed E-state index contributed by atoms with van der Waals surface area (Å²) in [6, 6.07) is 15.3. The summed E-state index contributed by atoms with van der Waals surface area (Å²) in [5, 5.41) is 0. The minimum atomic E-state index is -0.803. The molecule has 3 aromatic rings. The van der Waals surface area contributed by atoms with E-state index in [0.717, 1.165) is 16.0 Å². The molecule has 3 aromatic carbocycles. The SMILES string of the molecule is CC(=O)Oc1ccc(C(=O)COC(=O)c2ccc3c(c2)C(=O)N(c2ccc(C)cc2C)C3=O)cc1. The molecule has 0 spiro atoms. The van der Waals surface area contributed by atoms with Crippen molar-refractivity contribution in [1.29, 1.82) is 0 Å². The first-order valence-corrected chi connectivity index (χ1v) is 10.7. The highest BCUT2D eigenvalue weighted by Crippen LogP contribution is 2.31. The summed E-state index contributed by atoms with van der Waals surface area (Å²) >= 11 is 0. The van der Waals surface area contributed by atoms with Crippen LogP contribution in [0.4, 0.5) is 5.69 Å². The minimum absolute atomic E-state index is 0.0467. The van der Waals surface area contributed by atoms with Crippen LogP contribution < -0.4 is 9.64 Å². The van der Waals surface area contributed by atoms with Crippen LogP contribution in [-0.2, 0) is 9.53 Å². The maximum Gasteiger partial charge on any atom is 0.338 e. The molecule has 0 saturated carbocycles. The third kappa shape index (κ3) is 4.72. The fourth-order valence-electron chi connectivity index (χ4n) is 3.82. The van der Waals surface area contributed by atoms with Crippen LogP contribution in [-0.4, -0.2) is 36.1 Å². The van der Waals surface area contributed by atoms with Crippen LogP contribution in [0.15, 0.2) is 60.7 Å². The summed E-state index contributed by atoms with van der Waals surface area (Å²) in [6.45, 7) is 4.47. The molecule has 2 amide bonds. The number of ketones is 1. The van der Waals surface area contributed by atoms with Gasteiger partial charge in [0.05, 0.1) is 22.4 Å². The van der Waals surface area contributed by atoms with Crippen LogP contribution >= 0.6 is 0 Å². The predicted octanol–water partition coefficient (Wildman–Crippen LogP) is 4.07. The number of benzene rings is 3. The number of imide groups is 1. The Morgan fingerprint density at radius 3 is 2.11 bits per heavy atom. The van der Waals surface area contributed by atoms with Gasteiger partial charge >= 0.3 is 11.9 Å². The third-order valence-electron chi connectivity index (χ3n) is 5.49. The van der Waals surface area contributed by atoms with Crippen LogP contribution in [0.5, 0.6) is 5.75 Å². The Hall–Kier alpha value is -4.59. The second-order valence-electron chi connectivity index (χ2n) is 8.11. The van der Waals surface area contributed by atoms with E-state index in [1.165, 1.54) is 49.4 Å². The van der Waals surface area contributed by atoms with Gasteiger partial charge in [0, 0.05) is 12.5 Å². The van der Waals surface area contributed by atoms with Crippen LogP contribution in [0.2, 0.25) is 0 Å². The van der Waals surface area contributed by atoms with E-state index >= 15 is 0 Å². The lowest BCUT2D eigenvalue weighted by molar-refractivity contribution is -0.131. The Labute approximate surface area is 201 Å². The summed E-state index contributed by atoms with van der Waals surface area (Å²) in [6.07, 6.45) is 0. The van der Waals surface area contributed by atoms with E-state index in [9.17, 15) is 24.0 Å². The number of esters is 2. The molecule has 0 saturated heterocycles. The summed E-state index contributed by atoms with van der Waals surface area (Å²) in [4.78, 5) is 62.9. The zero-order valence-corrected chi connectivity index (χ0v) is 19.3. The number of rotatable bonds is 6. The molecule has 0 aliphatic carbocycles. The van der Waals surface area contributed by atoms with Gasteiger partial charge < -0.3 is 9.47 Å². The third-order valence-corrected chi connectivity index (χ3v) is 5.49. The molecular weight excluding hydrogens is 450 g/mol. The fraction of sp³-hybridized carbons (Fsp3) is 0.148. The molecule has 1 aliphatic rings. The number of ether oxygens (including phenoxy) is 2. The first kappa shape index (κ1) is 23.6. The van der Waals surface area contributed by atoms with Gasteiger partial charge in [-0.1, -0.05) is 17.7 Å². The second kappa shape index (κ2) is 9.34. The molecule has 8 nitrogen and oxygen atoms in total. The van der Waals surface area contributed by atoms with Crippen molar-refractivity contribution < 1.29 is 33.4 Å². The van der Waals surface area contributed by atoms with Crippen LogP contribution in [0, 0.1) is 13.8 Å². The van der Waals surface area contributed by atoms with Gasteiger partial charge in [0.1, 0.15) is 5.75 Å². The molecule has 0 radical (unpaired) electrons. The maximum atomic E-state index is 13.0. The largest absolute Gasteiger partial charge is 0.454 e. The average molecular weight is 471 g/mol. The topological polar surface area (TPSA) is 107 Å². The van der Waals surface area contributed by atoms with Crippen molar-refractivity contribution in [3.63, 3.8) is 0 Å². The molecule has 176 valence electrons. The number of hydrogen-bond donors (Lipinski definition) is 0. The zero-order chi connectivity index (χ0) is 25.3. The van der Waals surface area contributed by atoms with Gasteiger partial charge in [0.2, 0.25) is 0 Å². The number of anilines is 1. The molecule has 0 fully saturated rings. The van der Waals surface area contributed by atoms with Crippen molar-refractivity contribution in [2.45, 2.75) is 20.8 Å². The number of nitrogens with zero attached hydrogens (tertiary/aromatic N) is 1.